The largest absolute Gasteiger partial charge is 0.474 e. The smallest absolute Gasteiger partial charge is 0.366 e. The maximum absolute atomic E-state index is 12.4. The molecule has 21 heavy (non-hydrogen) atoms. The Hall–Kier alpha value is -2.18. The SMILES string of the molecule is CCCCCN1C(=O)C(CC)Oc2ccc([N+](=O)[O-])nc21. The highest BCUT2D eigenvalue weighted by Crippen LogP contribution is 2.34. The fourth-order valence-electron chi connectivity index (χ4n) is 2.29. The van der Waals surface area contributed by atoms with Crippen LogP contribution in [-0.2, 0) is 4.79 Å². The molecule has 1 aromatic heterocycles. The number of rotatable bonds is 6. The normalized spacial score (nSPS) is 17.3. The van der Waals surface area contributed by atoms with Crippen LogP contribution in [0.4, 0.5) is 11.6 Å². The average Bonchev–Trinajstić information content (AvgIpc) is 2.48. The third kappa shape index (κ3) is 3.12. The first-order valence-corrected chi connectivity index (χ1v) is 7.22. The molecular weight excluding hydrogens is 274 g/mol. The monoisotopic (exact) mass is 293 g/mol. The van der Waals surface area contributed by atoms with E-state index in [1.807, 2.05) is 6.92 Å². The molecule has 1 unspecified atom stereocenters. The molecule has 0 bridgehead atoms. The van der Waals surface area contributed by atoms with Crippen LogP contribution in [0, 0.1) is 10.1 Å². The summed E-state index contributed by atoms with van der Waals surface area (Å²) in [6.45, 7) is 4.46. The number of aromatic nitrogens is 1. The van der Waals surface area contributed by atoms with Crippen LogP contribution in [0.15, 0.2) is 12.1 Å². The van der Waals surface area contributed by atoms with Gasteiger partial charge in [-0.1, -0.05) is 26.7 Å². The number of nitro groups is 1. The number of fused-ring (bicyclic) bond motifs is 1. The van der Waals surface area contributed by atoms with Gasteiger partial charge in [-0.25, -0.2) is 0 Å². The van der Waals surface area contributed by atoms with Crippen LogP contribution in [-0.4, -0.2) is 28.5 Å². The Morgan fingerprint density at radius 2 is 2.14 bits per heavy atom. The summed E-state index contributed by atoms with van der Waals surface area (Å²) in [6.07, 6.45) is 2.88. The Balaban J connectivity index is 2.35. The van der Waals surface area contributed by atoms with E-state index in [4.69, 9.17) is 4.74 Å². The van der Waals surface area contributed by atoms with Crippen LogP contribution in [0.2, 0.25) is 0 Å². The quantitative estimate of drug-likeness (QED) is 0.457. The van der Waals surface area contributed by atoms with Gasteiger partial charge in [0.25, 0.3) is 11.7 Å². The van der Waals surface area contributed by atoms with Gasteiger partial charge < -0.3 is 14.9 Å². The zero-order chi connectivity index (χ0) is 15.4. The summed E-state index contributed by atoms with van der Waals surface area (Å²) in [5, 5.41) is 10.9. The summed E-state index contributed by atoms with van der Waals surface area (Å²) < 4.78 is 5.59. The van der Waals surface area contributed by atoms with Crippen molar-refractivity contribution in [2.24, 2.45) is 0 Å². The third-order valence-electron chi connectivity index (χ3n) is 3.43. The highest BCUT2D eigenvalue weighted by atomic mass is 16.6. The van der Waals surface area contributed by atoms with E-state index >= 15 is 0 Å². The predicted molar refractivity (Wildman–Crippen MR) is 77.5 cm³/mol. The summed E-state index contributed by atoms with van der Waals surface area (Å²) in [5.41, 5.74) is 0. The van der Waals surface area contributed by atoms with Crippen LogP contribution in [0.25, 0.3) is 0 Å². The molecule has 7 nitrogen and oxygen atoms in total. The van der Waals surface area contributed by atoms with Crippen molar-refractivity contribution in [2.45, 2.75) is 45.6 Å². The zero-order valence-corrected chi connectivity index (χ0v) is 12.2. The van der Waals surface area contributed by atoms with Crippen molar-refractivity contribution in [2.75, 3.05) is 11.4 Å². The van der Waals surface area contributed by atoms with Gasteiger partial charge in [0.2, 0.25) is 0 Å². The van der Waals surface area contributed by atoms with Crippen LogP contribution in [0.1, 0.15) is 39.5 Å². The standard InChI is InChI=1S/C14H19N3O4/c1-3-5-6-9-16-13-11(21-10(4-2)14(16)18)7-8-12(15-13)17(19)20/h7-8,10H,3-6,9H2,1-2H3. The van der Waals surface area contributed by atoms with Crippen molar-refractivity contribution in [1.29, 1.82) is 0 Å². The van der Waals surface area contributed by atoms with Gasteiger partial charge in [0, 0.05) is 12.6 Å². The second-order valence-corrected chi connectivity index (χ2v) is 4.96. The van der Waals surface area contributed by atoms with E-state index in [0.717, 1.165) is 19.3 Å². The number of carbonyl (C=O) groups excluding carboxylic acids is 1. The fraction of sp³-hybridized carbons (Fsp3) is 0.571. The number of unbranched alkanes of at least 4 members (excludes halogenated alkanes) is 2. The molecule has 7 heteroatoms. The lowest BCUT2D eigenvalue weighted by molar-refractivity contribution is -0.389. The number of hydrogen-bond donors (Lipinski definition) is 0. The summed E-state index contributed by atoms with van der Waals surface area (Å²) in [7, 11) is 0. The van der Waals surface area contributed by atoms with Gasteiger partial charge in [0.05, 0.1) is 0 Å². The number of anilines is 1. The minimum atomic E-state index is -0.569. The van der Waals surface area contributed by atoms with Gasteiger partial charge in [0.15, 0.2) is 11.9 Å². The Morgan fingerprint density at radius 1 is 1.38 bits per heavy atom. The van der Waals surface area contributed by atoms with E-state index in [1.165, 1.54) is 17.0 Å². The molecule has 0 aromatic carbocycles. The number of ether oxygens (including phenoxy) is 1. The molecule has 1 amide bonds. The van der Waals surface area contributed by atoms with Crippen molar-refractivity contribution >= 4 is 17.5 Å². The van der Waals surface area contributed by atoms with Crippen LogP contribution in [0.3, 0.4) is 0 Å². The molecule has 0 fully saturated rings. The maximum Gasteiger partial charge on any atom is 0.366 e. The van der Waals surface area contributed by atoms with E-state index in [0.29, 0.717) is 18.7 Å². The van der Waals surface area contributed by atoms with Gasteiger partial charge in [-0.05, 0) is 28.8 Å². The molecule has 0 spiro atoms. The van der Waals surface area contributed by atoms with Gasteiger partial charge in [-0.2, -0.15) is 0 Å². The summed E-state index contributed by atoms with van der Waals surface area (Å²) in [5.74, 6) is 0.244. The fourth-order valence-corrected chi connectivity index (χ4v) is 2.29. The lowest BCUT2D eigenvalue weighted by atomic mass is 10.1. The van der Waals surface area contributed by atoms with Gasteiger partial charge in [0.1, 0.15) is 0 Å². The second kappa shape index (κ2) is 6.51. The second-order valence-electron chi connectivity index (χ2n) is 4.96. The molecule has 2 heterocycles. The lowest BCUT2D eigenvalue weighted by Crippen LogP contribution is -2.46. The molecule has 1 aliphatic rings. The van der Waals surface area contributed by atoms with Crippen LogP contribution in [0.5, 0.6) is 5.75 Å². The minimum absolute atomic E-state index is 0.172. The molecule has 1 atom stereocenters. The average molecular weight is 293 g/mol. The predicted octanol–water partition coefficient (Wildman–Crippen LogP) is 2.68. The molecule has 0 saturated carbocycles. The summed E-state index contributed by atoms with van der Waals surface area (Å²) in [6, 6.07) is 2.81. The number of carbonyl (C=O) groups is 1. The first kappa shape index (κ1) is 15.2. The Kier molecular flexibility index (Phi) is 4.72. The Labute approximate surface area is 123 Å². The Bertz CT molecular complexity index is 547. The number of pyridine rings is 1. The van der Waals surface area contributed by atoms with Crippen LogP contribution < -0.4 is 9.64 Å². The number of hydrogen-bond acceptors (Lipinski definition) is 5. The first-order chi connectivity index (χ1) is 10.1. The number of nitrogens with zero attached hydrogens (tertiary/aromatic N) is 3. The topological polar surface area (TPSA) is 85.6 Å². The van der Waals surface area contributed by atoms with Gasteiger partial charge >= 0.3 is 5.82 Å². The van der Waals surface area contributed by atoms with Gasteiger partial charge in [-0.15, -0.1) is 0 Å². The molecule has 0 saturated heterocycles. The molecule has 0 radical (unpaired) electrons. The summed E-state index contributed by atoms with van der Waals surface area (Å²) >= 11 is 0. The van der Waals surface area contributed by atoms with Crippen molar-refractivity contribution in [3.05, 3.63) is 22.2 Å². The third-order valence-corrected chi connectivity index (χ3v) is 3.43. The highest BCUT2D eigenvalue weighted by molar-refractivity contribution is 5.99. The van der Waals surface area contributed by atoms with Crippen molar-refractivity contribution in [3.8, 4) is 5.75 Å². The van der Waals surface area contributed by atoms with Crippen molar-refractivity contribution < 1.29 is 14.5 Å². The lowest BCUT2D eigenvalue weighted by Gasteiger charge is -2.30. The first-order valence-electron chi connectivity index (χ1n) is 7.22. The minimum Gasteiger partial charge on any atom is -0.474 e. The molecular formula is C14H19N3O4. The van der Waals surface area contributed by atoms with E-state index in [2.05, 4.69) is 11.9 Å². The molecule has 2 rings (SSSR count). The molecule has 0 aliphatic carbocycles. The van der Waals surface area contributed by atoms with Gasteiger partial charge in [-0.3, -0.25) is 9.69 Å². The maximum atomic E-state index is 12.4. The highest BCUT2D eigenvalue weighted by Gasteiger charge is 2.37. The van der Waals surface area contributed by atoms with E-state index in [1.54, 1.807) is 0 Å². The summed E-state index contributed by atoms with van der Waals surface area (Å²) in [4.78, 5) is 28.2. The van der Waals surface area contributed by atoms with Crippen LogP contribution >= 0.6 is 0 Å². The Morgan fingerprint density at radius 3 is 2.76 bits per heavy atom. The van der Waals surface area contributed by atoms with Crippen molar-refractivity contribution in [1.82, 2.24) is 4.98 Å². The number of amides is 1. The van der Waals surface area contributed by atoms with E-state index in [-0.39, 0.29) is 17.5 Å². The van der Waals surface area contributed by atoms with Crippen molar-refractivity contribution in [3.63, 3.8) is 0 Å². The van der Waals surface area contributed by atoms with E-state index in [9.17, 15) is 14.9 Å². The molecule has 1 aliphatic heterocycles. The molecule has 0 N–H and O–H groups in total. The van der Waals surface area contributed by atoms with E-state index < -0.39 is 11.0 Å². The zero-order valence-electron chi connectivity index (χ0n) is 12.2. The molecule has 114 valence electrons. The molecule has 1 aromatic rings.